The third-order valence-corrected chi connectivity index (χ3v) is 6.20. The SMILES string of the molecule is Cc1cnc(CCNC(=NCC(=O)N(C)C)NC2CC3CCC2C3)s1.I. The highest BCUT2D eigenvalue weighted by Crippen LogP contribution is 2.44. The van der Waals surface area contributed by atoms with Gasteiger partial charge in [0.1, 0.15) is 6.54 Å². The van der Waals surface area contributed by atoms with E-state index in [0.29, 0.717) is 6.04 Å². The van der Waals surface area contributed by atoms with Crippen molar-refractivity contribution in [1.82, 2.24) is 20.5 Å². The summed E-state index contributed by atoms with van der Waals surface area (Å²) >= 11 is 1.73. The lowest BCUT2D eigenvalue weighted by atomic mass is 9.95. The smallest absolute Gasteiger partial charge is 0.243 e. The van der Waals surface area contributed by atoms with Crippen LogP contribution in [0.3, 0.4) is 0 Å². The normalized spacial score (nSPS) is 24.3. The van der Waals surface area contributed by atoms with Gasteiger partial charge >= 0.3 is 0 Å². The number of hydrogen-bond donors (Lipinski definition) is 2. The first-order valence-corrected chi connectivity index (χ1v) is 9.99. The number of nitrogens with one attached hydrogen (secondary N) is 2. The Bertz CT molecular complexity index is 633. The van der Waals surface area contributed by atoms with E-state index in [1.165, 1.54) is 30.6 Å². The first-order valence-electron chi connectivity index (χ1n) is 9.17. The number of aryl methyl sites for hydroxylation is 1. The Kier molecular flexibility index (Phi) is 8.12. The molecule has 2 aliphatic carbocycles. The van der Waals surface area contributed by atoms with Crippen molar-refractivity contribution in [2.24, 2.45) is 16.8 Å². The van der Waals surface area contributed by atoms with E-state index in [1.807, 2.05) is 6.20 Å². The molecule has 8 heteroatoms. The van der Waals surface area contributed by atoms with E-state index in [4.69, 9.17) is 0 Å². The Balaban J connectivity index is 0.00000243. The monoisotopic (exact) mass is 491 g/mol. The third kappa shape index (κ3) is 5.80. The summed E-state index contributed by atoms with van der Waals surface area (Å²) in [6.07, 6.45) is 8.07. The molecule has 3 unspecified atom stereocenters. The average Bonchev–Trinajstić information content (AvgIpc) is 3.29. The minimum Gasteiger partial charge on any atom is -0.356 e. The molecule has 26 heavy (non-hydrogen) atoms. The van der Waals surface area contributed by atoms with Crippen LogP contribution in [0.25, 0.3) is 0 Å². The molecule has 0 aromatic carbocycles. The van der Waals surface area contributed by atoms with E-state index < -0.39 is 0 Å². The van der Waals surface area contributed by atoms with Crippen molar-refractivity contribution in [1.29, 1.82) is 0 Å². The van der Waals surface area contributed by atoms with E-state index in [2.05, 4.69) is 27.5 Å². The molecule has 1 amide bonds. The second kappa shape index (κ2) is 9.87. The average molecular weight is 491 g/mol. The molecule has 1 heterocycles. The van der Waals surface area contributed by atoms with Crippen LogP contribution in [0.1, 0.15) is 35.6 Å². The zero-order valence-electron chi connectivity index (χ0n) is 15.8. The van der Waals surface area contributed by atoms with E-state index in [-0.39, 0.29) is 36.4 Å². The summed E-state index contributed by atoms with van der Waals surface area (Å²) < 4.78 is 0. The van der Waals surface area contributed by atoms with Crippen molar-refractivity contribution in [3.05, 3.63) is 16.1 Å². The second-order valence-electron chi connectivity index (χ2n) is 7.42. The molecular formula is C18H30IN5OS. The molecular weight excluding hydrogens is 461 g/mol. The lowest BCUT2D eigenvalue weighted by Crippen LogP contribution is -2.46. The number of carbonyl (C=O) groups excluding carboxylic acids is 1. The van der Waals surface area contributed by atoms with E-state index in [0.717, 1.165) is 35.8 Å². The molecule has 2 N–H and O–H groups in total. The van der Waals surface area contributed by atoms with E-state index >= 15 is 0 Å². The van der Waals surface area contributed by atoms with E-state index in [9.17, 15) is 4.79 Å². The van der Waals surface area contributed by atoms with Crippen molar-refractivity contribution in [3.63, 3.8) is 0 Å². The molecule has 2 fully saturated rings. The molecule has 1 aromatic rings. The fourth-order valence-electron chi connectivity index (χ4n) is 3.84. The van der Waals surface area contributed by atoms with Crippen molar-refractivity contribution in [2.75, 3.05) is 27.2 Å². The first kappa shape index (κ1) is 21.4. The molecule has 1 aromatic heterocycles. The number of nitrogens with zero attached hydrogens (tertiary/aromatic N) is 3. The summed E-state index contributed by atoms with van der Waals surface area (Å²) in [7, 11) is 3.53. The summed E-state index contributed by atoms with van der Waals surface area (Å²) in [4.78, 5) is 23.6. The van der Waals surface area contributed by atoms with Crippen LogP contribution in [-0.2, 0) is 11.2 Å². The number of thiazole rings is 1. The zero-order chi connectivity index (χ0) is 17.8. The Morgan fingerprint density at radius 3 is 2.77 bits per heavy atom. The molecule has 0 spiro atoms. The summed E-state index contributed by atoms with van der Waals surface area (Å²) in [6.45, 7) is 3.03. The highest BCUT2D eigenvalue weighted by molar-refractivity contribution is 14.0. The van der Waals surface area contributed by atoms with Crippen LogP contribution in [-0.4, -0.2) is 55.0 Å². The summed E-state index contributed by atoms with van der Waals surface area (Å²) in [6, 6.07) is 0.501. The predicted octanol–water partition coefficient (Wildman–Crippen LogP) is 2.42. The van der Waals surface area contributed by atoms with Gasteiger partial charge in [0.05, 0.1) is 5.01 Å². The van der Waals surface area contributed by atoms with E-state index in [1.54, 1.807) is 30.3 Å². The van der Waals surface area contributed by atoms with Crippen LogP contribution in [0, 0.1) is 18.8 Å². The molecule has 3 atom stereocenters. The van der Waals surface area contributed by atoms with Gasteiger partial charge in [-0.2, -0.15) is 0 Å². The topological polar surface area (TPSA) is 69.6 Å². The van der Waals surface area contributed by atoms with Gasteiger partial charge in [0.25, 0.3) is 0 Å². The summed E-state index contributed by atoms with van der Waals surface area (Å²) in [5.41, 5.74) is 0. The third-order valence-electron chi connectivity index (χ3n) is 5.23. The van der Waals surface area contributed by atoms with Crippen LogP contribution in [0.4, 0.5) is 0 Å². The number of rotatable bonds is 6. The van der Waals surface area contributed by atoms with Crippen molar-refractivity contribution in [3.8, 4) is 0 Å². The molecule has 2 aliphatic rings. The Hall–Kier alpha value is -0.900. The van der Waals surface area contributed by atoms with Crippen LogP contribution < -0.4 is 10.6 Å². The molecule has 3 rings (SSSR count). The van der Waals surface area contributed by atoms with Crippen molar-refractivity contribution in [2.45, 2.75) is 45.1 Å². The number of aliphatic imine (C=N–C) groups is 1. The highest BCUT2D eigenvalue weighted by Gasteiger charge is 2.39. The lowest BCUT2D eigenvalue weighted by molar-refractivity contribution is -0.127. The zero-order valence-corrected chi connectivity index (χ0v) is 19.0. The quantitative estimate of drug-likeness (QED) is 0.365. The number of carbonyl (C=O) groups is 1. The number of hydrogen-bond acceptors (Lipinski definition) is 4. The Labute approximate surface area is 177 Å². The maximum Gasteiger partial charge on any atom is 0.243 e. The fourth-order valence-corrected chi connectivity index (χ4v) is 4.63. The van der Waals surface area contributed by atoms with Gasteiger partial charge in [-0.15, -0.1) is 35.3 Å². The van der Waals surface area contributed by atoms with Gasteiger partial charge in [-0.25, -0.2) is 9.98 Å². The summed E-state index contributed by atoms with van der Waals surface area (Å²) in [5, 5.41) is 8.11. The molecule has 2 saturated carbocycles. The Morgan fingerprint density at radius 1 is 1.38 bits per heavy atom. The van der Waals surface area contributed by atoms with Gasteiger partial charge in [-0.1, -0.05) is 6.42 Å². The van der Waals surface area contributed by atoms with Crippen molar-refractivity contribution >= 4 is 47.2 Å². The van der Waals surface area contributed by atoms with Crippen molar-refractivity contribution < 1.29 is 4.79 Å². The van der Waals surface area contributed by atoms with Gasteiger partial charge in [0, 0.05) is 44.2 Å². The number of halogens is 1. The minimum atomic E-state index is 0. The number of guanidine groups is 1. The lowest BCUT2D eigenvalue weighted by Gasteiger charge is -2.25. The molecule has 146 valence electrons. The summed E-state index contributed by atoms with van der Waals surface area (Å²) in [5.74, 6) is 2.43. The number of likely N-dealkylation sites (N-methyl/N-ethyl adjacent to an activating group) is 1. The second-order valence-corrected chi connectivity index (χ2v) is 8.74. The predicted molar refractivity (Wildman–Crippen MR) is 117 cm³/mol. The highest BCUT2D eigenvalue weighted by atomic mass is 127. The Morgan fingerprint density at radius 2 is 2.19 bits per heavy atom. The van der Waals surface area contributed by atoms with Gasteiger partial charge in [-0.05, 0) is 38.0 Å². The molecule has 2 bridgehead atoms. The van der Waals surface area contributed by atoms with Crippen LogP contribution in [0.2, 0.25) is 0 Å². The van der Waals surface area contributed by atoms with Gasteiger partial charge in [-0.3, -0.25) is 4.79 Å². The minimum absolute atomic E-state index is 0. The van der Waals surface area contributed by atoms with Gasteiger partial charge < -0.3 is 15.5 Å². The van der Waals surface area contributed by atoms with Gasteiger partial charge in [0.15, 0.2) is 5.96 Å². The molecule has 6 nitrogen and oxygen atoms in total. The number of aromatic nitrogens is 1. The molecule has 0 radical (unpaired) electrons. The number of amides is 1. The van der Waals surface area contributed by atoms with Crippen LogP contribution in [0.5, 0.6) is 0 Å². The van der Waals surface area contributed by atoms with Gasteiger partial charge in [0.2, 0.25) is 5.91 Å². The van der Waals surface area contributed by atoms with Crippen LogP contribution >= 0.6 is 35.3 Å². The molecule has 0 saturated heterocycles. The number of fused-ring (bicyclic) bond motifs is 2. The largest absolute Gasteiger partial charge is 0.356 e. The maximum atomic E-state index is 11.9. The standard InChI is InChI=1S/C18H29N5OS.HI/c1-12-10-20-16(25-12)6-7-19-18(21-11-17(24)23(2)3)22-15-9-13-4-5-14(15)8-13;/h10,13-15H,4-9,11H2,1-3H3,(H2,19,21,22);1H. The fraction of sp³-hybridized carbons (Fsp3) is 0.722. The maximum absolute atomic E-state index is 11.9. The first-order chi connectivity index (χ1) is 12.0. The molecule has 0 aliphatic heterocycles. The van der Waals surface area contributed by atoms with Crippen LogP contribution in [0.15, 0.2) is 11.2 Å².